The van der Waals surface area contributed by atoms with E-state index in [4.69, 9.17) is 23.2 Å². The minimum atomic E-state index is -5.14. The second kappa shape index (κ2) is 5.87. The molecule has 0 N–H and O–H groups in total. The van der Waals surface area contributed by atoms with Crippen LogP contribution in [0, 0.1) is 0 Å². The van der Waals surface area contributed by atoms with Crippen molar-refractivity contribution in [2.24, 2.45) is 0 Å². The number of carbonyl (C=O) groups is 1. The van der Waals surface area contributed by atoms with Gasteiger partial charge in [-0.1, -0.05) is 0 Å². The molecule has 0 unspecified atom stereocenters. The standard InChI is InChI=1S/C9H4Cl2F5NO2/c10-2-4-3(7(11)18)1-5(19-9(14,15)16)17-6(4)8(12)13/h1,8H,2H2. The van der Waals surface area contributed by atoms with Crippen LogP contribution in [-0.4, -0.2) is 16.6 Å². The summed E-state index contributed by atoms with van der Waals surface area (Å²) in [6, 6.07) is 0.506. The number of alkyl halides is 6. The number of nitrogens with zero attached hydrogens (tertiary/aromatic N) is 1. The van der Waals surface area contributed by atoms with Crippen LogP contribution in [0.25, 0.3) is 0 Å². The van der Waals surface area contributed by atoms with E-state index in [1.54, 1.807) is 0 Å². The molecule has 19 heavy (non-hydrogen) atoms. The molecule has 0 spiro atoms. The van der Waals surface area contributed by atoms with E-state index in [0.717, 1.165) is 0 Å². The van der Waals surface area contributed by atoms with Gasteiger partial charge in [-0.3, -0.25) is 4.79 Å². The van der Waals surface area contributed by atoms with Crippen molar-refractivity contribution in [3.63, 3.8) is 0 Å². The number of rotatable bonds is 4. The third-order valence-electron chi connectivity index (χ3n) is 1.91. The highest BCUT2D eigenvalue weighted by Crippen LogP contribution is 2.31. The molecule has 0 aliphatic rings. The van der Waals surface area contributed by atoms with Gasteiger partial charge in [0.2, 0.25) is 5.88 Å². The Bertz CT molecular complexity index is 492. The number of aromatic nitrogens is 1. The van der Waals surface area contributed by atoms with Crippen LogP contribution in [0.15, 0.2) is 6.07 Å². The summed E-state index contributed by atoms with van der Waals surface area (Å²) in [6.07, 6.45) is -8.37. The Hall–Kier alpha value is -1.15. The molecule has 0 bridgehead atoms. The highest BCUT2D eigenvalue weighted by Gasteiger charge is 2.33. The molecule has 0 amide bonds. The van der Waals surface area contributed by atoms with Crippen molar-refractivity contribution in [2.45, 2.75) is 18.7 Å². The molecule has 0 aromatic carbocycles. The first-order valence-electron chi connectivity index (χ1n) is 4.49. The zero-order chi connectivity index (χ0) is 14.8. The van der Waals surface area contributed by atoms with E-state index in [0.29, 0.717) is 6.07 Å². The van der Waals surface area contributed by atoms with Gasteiger partial charge in [0.25, 0.3) is 11.7 Å². The number of halogens is 7. The van der Waals surface area contributed by atoms with Gasteiger partial charge in [-0.25, -0.2) is 13.8 Å². The Morgan fingerprint density at radius 3 is 2.37 bits per heavy atom. The first-order valence-corrected chi connectivity index (χ1v) is 5.40. The van der Waals surface area contributed by atoms with E-state index >= 15 is 0 Å². The van der Waals surface area contributed by atoms with Crippen LogP contribution in [0.2, 0.25) is 0 Å². The number of carbonyl (C=O) groups excluding carboxylic acids is 1. The number of ether oxygens (including phenoxy) is 1. The highest BCUT2D eigenvalue weighted by atomic mass is 35.5. The van der Waals surface area contributed by atoms with Gasteiger partial charge >= 0.3 is 6.36 Å². The fraction of sp³-hybridized carbons (Fsp3) is 0.333. The molecule has 106 valence electrons. The lowest BCUT2D eigenvalue weighted by molar-refractivity contribution is -0.276. The van der Waals surface area contributed by atoms with Crippen LogP contribution >= 0.6 is 23.2 Å². The lowest BCUT2D eigenvalue weighted by Crippen LogP contribution is -2.19. The summed E-state index contributed by atoms with van der Waals surface area (Å²) in [7, 11) is 0. The van der Waals surface area contributed by atoms with Crippen LogP contribution < -0.4 is 4.74 Å². The Balaban J connectivity index is 3.41. The van der Waals surface area contributed by atoms with Crippen molar-refractivity contribution in [3.05, 3.63) is 22.9 Å². The van der Waals surface area contributed by atoms with Crippen molar-refractivity contribution in [1.29, 1.82) is 0 Å². The summed E-state index contributed by atoms with van der Waals surface area (Å²) in [5.74, 6) is -1.77. The monoisotopic (exact) mass is 323 g/mol. The summed E-state index contributed by atoms with van der Waals surface area (Å²) in [4.78, 5) is 14.0. The van der Waals surface area contributed by atoms with Crippen LogP contribution in [0.3, 0.4) is 0 Å². The molecule has 0 fully saturated rings. The molecule has 0 aliphatic carbocycles. The van der Waals surface area contributed by atoms with Crippen molar-refractivity contribution in [2.75, 3.05) is 0 Å². The summed E-state index contributed by atoms with van der Waals surface area (Å²) >= 11 is 10.5. The second-order valence-corrected chi connectivity index (χ2v) is 3.74. The highest BCUT2D eigenvalue weighted by molar-refractivity contribution is 6.68. The van der Waals surface area contributed by atoms with E-state index in [1.807, 2.05) is 0 Å². The van der Waals surface area contributed by atoms with E-state index in [9.17, 15) is 26.7 Å². The Morgan fingerprint density at radius 1 is 1.42 bits per heavy atom. The quantitative estimate of drug-likeness (QED) is 0.477. The van der Waals surface area contributed by atoms with Crippen LogP contribution in [0.1, 0.15) is 28.0 Å². The van der Waals surface area contributed by atoms with E-state index in [1.165, 1.54) is 0 Å². The third-order valence-corrected chi connectivity index (χ3v) is 2.38. The predicted molar refractivity (Wildman–Crippen MR) is 55.6 cm³/mol. The average Bonchev–Trinajstić information content (AvgIpc) is 2.25. The Kier molecular flexibility index (Phi) is 4.92. The number of hydrogen-bond acceptors (Lipinski definition) is 3. The van der Waals surface area contributed by atoms with Gasteiger partial charge in [0.15, 0.2) is 0 Å². The Labute approximate surface area is 113 Å². The van der Waals surface area contributed by atoms with Crippen molar-refractivity contribution >= 4 is 28.4 Å². The largest absolute Gasteiger partial charge is 0.574 e. The zero-order valence-corrected chi connectivity index (χ0v) is 10.3. The van der Waals surface area contributed by atoms with Crippen molar-refractivity contribution in [1.82, 2.24) is 4.98 Å². The van der Waals surface area contributed by atoms with Crippen LogP contribution in [-0.2, 0) is 5.88 Å². The molecule has 0 saturated heterocycles. The lowest BCUT2D eigenvalue weighted by Gasteiger charge is -2.13. The molecule has 0 aliphatic heterocycles. The lowest BCUT2D eigenvalue weighted by atomic mass is 10.1. The summed E-state index contributed by atoms with van der Waals surface area (Å²) in [6.45, 7) is 0. The summed E-state index contributed by atoms with van der Waals surface area (Å²) in [5, 5.41) is -1.24. The van der Waals surface area contributed by atoms with Crippen molar-refractivity contribution < 1.29 is 31.5 Å². The molecule has 3 nitrogen and oxygen atoms in total. The fourth-order valence-corrected chi connectivity index (χ4v) is 1.68. The average molecular weight is 324 g/mol. The smallest absolute Gasteiger partial charge is 0.388 e. The van der Waals surface area contributed by atoms with Gasteiger partial charge in [0.1, 0.15) is 5.69 Å². The number of pyridine rings is 1. The first kappa shape index (κ1) is 15.9. The van der Waals surface area contributed by atoms with Crippen molar-refractivity contribution in [3.8, 4) is 5.88 Å². The molecule has 0 atom stereocenters. The van der Waals surface area contributed by atoms with Crippen LogP contribution in [0.4, 0.5) is 22.0 Å². The molecular weight excluding hydrogens is 320 g/mol. The molecule has 0 radical (unpaired) electrons. The molecule has 10 heteroatoms. The molecule has 1 aromatic rings. The normalized spacial score (nSPS) is 11.8. The van der Waals surface area contributed by atoms with Gasteiger partial charge < -0.3 is 4.74 Å². The van der Waals surface area contributed by atoms with E-state index in [-0.39, 0.29) is 0 Å². The minimum absolute atomic E-state index is 0.439. The van der Waals surface area contributed by atoms with Gasteiger partial charge in [-0.2, -0.15) is 0 Å². The molecule has 1 heterocycles. The van der Waals surface area contributed by atoms with Gasteiger partial charge in [0.05, 0.1) is 5.88 Å². The topological polar surface area (TPSA) is 39.2 Å². The molecule has 1 aromatic heterocycles. The van der Waals surface area contributed by atoms with Gasteiger partial charge in [0, 0.05) is 17.2 Å². The maximum atomic E-state index is 12.7. The minimum Gasteiger partial charge on any atom is -0.388 e. The number of hydrogen-bond donors (Lipinski definition) is 0. The molecule has 1 rings (SSSR count). The maximum Gasteiger partial charge on any atom is 0.574 e. The molecular formula is C9H4Cl2F5NO2. The van der Waals surface area contributed by atoms with E-state index in [2.05, 4.69) is 9.72 Å². The second-order valence-electron chi connectivity index (χ2n) is 3.13. The molecule has 0 saturated carbocycles. The van der Waals surface area contributed by atoms with E-state index < -0.39 is 46.6 Å². The third kappa shape index (κ3) is 4.17. The summed E-state index contributed by atoms with van der Waals surface area (Å²) in [5.41, 5.74) is -2.13. The Morgan fingerprint density at radius 2 is 2.00 bits per heavy atom. The van der Waals surface area contributed by atoms with Gasteiger partial charge in [-0.15, -0.1) is 24.8 Å². The predicted octanol–water partition coefficient (Wildman–Crippen LogP) is 4.04. The van der Waals surface area contributed by atoms with Gasteiger partial charge in [-0.05, 0) is 11.6 Å². The van der Waals surface area contributed by atoms with Crippen LogP contribution in [0.5, 0.6) is 5.88 Å². The SMILES string of the molecule is O=C(Cl)c1cc(OC(F)(F)F)nc(C(F)F)c1CCl. The maximum absolute atomic E-state index is 12.7. The fourth-order valence-electron chi connectivity index (χ4n) is 1.23. The first-order chi connectivity index (χ1) is 8.65. The summed E-state index contributed by atoms with van der Waals surface area (Å²) < 4.78 is 64.7. The zero-order valence-electron chi connectivity index (χ0n) is 8.77.